The number of carbonyl (C=O) groups is 1. The summed E-state index contributed by atoms with van der Waals surface area (Å²) in [6.45, 7) is 1.28. The Bertz CT molecular complexity index is 586. The number of rotatable bonds is 2. The molecule has 3 heterocycles. The van der Waals surface area contributed by atoms with Gasteiger partial charge >= 0.3 is 5.97 Å². The molecule has 2 aromatic heterocycles. The van der Waals surface area contributed by atoms with E-state index in [9.17, 15) is 4.79 Å². The molecular formula is C12H10N2O3S. The van der Waals surface area contributed by atoms with Crippen molar-refractivity contribution in [3.05, 3.63) is 34.5 Å². The topological polar surface area (TPSA) is 72.3 Å². The molecule has 0 aliphatic carbocycles. The van der Waals surface area contributed by atoms with Gasteiger partial charge in [-0.05, 0) is 12.1 Å². The highest BCUT2D eigenvalue weighted by molar-refractivity contribution is 7.15. The summed E-state index contributed by atoms with van der Waals surface area (Å²) < 4.78 is 5.36. The van der Waals surface area contributed by atoms with Gasteiger partial charge in [-0.25, -0.2) is 9.78 Å². The summed E-state index contributed by atoms with van der Waals surface area (Å²) >= 11 is 1.52. The summed E-state index contributed by atoms with van der Waals surface area (Å²) in [5, 5.41) is 9.71. The number of ether oxygens (including phenoxy) is 1. The second-order valence-corrected chi connectivity index (χ2v) is 5.01. The predicted octanol–water partition coefficient (Wildman–Crippen LogP) is 1.98. The zero-order chi connectivity index (χ0) is 12.5. The number of nitrogens with zero attached hydrogens (tertiary/aromatic N) is 2. The molecule has 0 saturated carbocycles. The Morgan fingerprint density at radius 3 is 3.17 bits per heavy atom. The summed E-state index contributed by atoms with van der Waals surface area (Å²) in [5.74, 6) is -0.955. The maximum Gasteiger partial charge on any atom is 0.335 e. The van der Waals surface area contributed by atoms with E-state index in [2.05, 4.69) is 9.97 Å². The molecular weight excluding hydrogens is 252 g/mol. The lowest BCUT2D eigenvalue weighted by molar-refractivity contribution is 0.0697. The number of carboxylic acids is 1. The monoisotopic (exact) mass is 262 g/mol. The predicted molar refractivity (Wildman–Crippen MR) is 65.7 cm³/mol. The minimum Gasteiger partial charge on any atom is -0.478 e. The van der Waals surface area contributed by atoms with Crippen molar-refractivity contribution in [2.24, 2.45) is 0 Å². The van der Waals surface area contributed by atoms with Crippen LogP contribution < -0.4 is 0 Å². The molecule has 0 atom stereocenters. The van der Waals surface area contributed by atoms with Crippen LogP contribution >= 0.6 is 11.3 Å². The number of thiazole rings is 1. The van der Waals surface area contributed by atoms with Gasteiger partial charge in [0.05, 0.1) is 35.0 Å². The number of fused-ring (bicyclic) bond motifs is 1. The van der Waals surface area contributed by atoms with E-state index in [4.69, 9.17) is 9.84 Å². The molecule has 0 aromatic carbocycles. The first-order valence-corrected chi connectivity index (χ1v) is 6.32. The Morgan fingerprint density at radius 2 is 2.39 bits per heavy atom. The van der Waals surface area contributed by atoms with Gasteiger partial charge < -0.3 is 9.84 Å². The second kappa shape index (κ2) is 4.47. The number of carboxylic acid groups (broad SMARTS) is 1. The fourth-order valence-electron chi connectivity index (χ4n) is 1.82. The van der Waals surface area contributed by atoms with E-state index in [0.717, 1.165) is 22.0 Å². The lowest BCUT2D eigenvalue weighted by atomic mass is 10.2. The standard InChI is InChI=1S/C12H10N2O3S/c15-12(16)7-1-3-13-9(5-7)11-14-8-2-4-17-6-10(8)18-11/h1,3,5H,2,4,6H2,(H,15,16). The van der Waals surface area contributed by atoms with E-state index in [1.165, 1.54) is 23.6 Å². The maximum atomic E-state index is 10.9. The van der Waals surface area contributed by atoms with Crippen LogP contribution in [-0.2, 0) is 17.8 Å². The molecule has 0 saturated heterocycles. The lowest BCUT2D eigenvalue weighted by Gasteiger charge is -2.08. The second-order valence-electron chi connectivity index (χ2n) is 3.93. The van der Waals surface area contributed by atoms with Crippen molar-refractivity contribution in [3.63, 3.8) is 0 Å². The molecule has 3 rings (SSSR count). The molecule has 18 heavy (non-hydrogen) atoms. The van der Waals surface area contributed by atoms with Crippen LogP contribution in [0, 0.1) is 0 Å². The third-order valence-electron chi connectivity index (χ3n) is 2.72. The van der Waals surface area contributed by atoms with Crippen molar-refractivity contribution in [1.29, 1.82) is 0 Å². The number of hydrogen-bond donors (Lipinski definition) is 1. The first-order chi connectivity index (χ1) is 8.74. The van der Waals surface area contributed by atoms with E-state index < -0.39 is 5.97 Å². The number of aromatic nitrogens is 2. The van der Waals surface area contributed by atoms with E-state index in [1.54, 1.807) is 6.07 Å². The molecule has 1 N–H and O–H groups in total. The largest absolute Gasteiger partial charge is 0.478 e. The fraction of sp³-hybridized carbons (Fsp3) is 0.250. The van der Waals surface area contributed by atoms with Gasteiger partial charge in [-0.3, -0.25) is 4.98 Å². The molecule has 0 bridgehead atoms. The fourth-order valence-corrected chi connectivity index (χ4v) is 2.83. The Morgan fingerprint density at radius 1 is 1.50 bits per heavy atom. The minimum atomic E-state index is -0.955. The Kier molecular flexibility index (Phi) is 2.81. The van der Waals surface area contributed by atoms with Gasteiger partial charge in [-0.15, -0.1) is 11.3 Å². The minimum absolute atomic E-state index is 0.226. The van der Waals surface area contributed by atoms with E-state index in [1.807, 2.05) is 0 Å². The molecule has 2 aromatic rings. The quantitative estimate of drug-likeness (QED) is 0.895. The first-order valence-electron chi connectivity index (χ1n) is 5.50. The lowest BCUT2D eigenvalue weighted by Crippen LogP contribution is -2.07. The summed E-state index contributed by atoms with van der Waals surface area (Å²) in [4.78, 5) is 20.7. The highest BCUT2D eigenvalue weighted by Gasteiger charge is 2.17. The van der Waals surface area contributed by atoms with Gasteiger partial charge in [0, 0.05) is 12.6 Å². The zero-order valence-corrected chi connectivity index (χ0v) is 10.2. The van der Waals surface area contributed by atoms with Crippen LogP contribution in [0.25, 0.3) is 10.7 Å². The summed E-state index contributed by atoms with van der Waals surface area (Å²) in [7, 11) is 0. The molecule has 0 fully saturated rings. The third-order valence-corrected chi connectivity index (χ3v) is 3.81. The third kappa shape index (κ3) is 2.00. The van der Waals surface area contributed by atoms with Crippen LogP contribution in [0.4, 0.5) is 0 Å². The van der Waals surface area contributed by atoms with Crippen molar-refractivity contribution in [3.8, 4) is 10.7 Å². The van der Waals surface area contributed by atoms with Crippen LogP contribution in [0.1, 0.15) is 20.9 Å². The van der Waals surface area contributed by atoms with Gasteiger partial charge in [-0.1, -0.05) is 0 Å². The van der Waals surface area contributed by atoms with Gasteiger partial charge in [0.2, 0.25) is 0 Å². The Hall–Kier alpha value is -1.79. The van der Waals surface area contributed by atoms with Crippen LogP contribution in [-0.4, -0.2) is 27.7 Å². The Labute approximate surface area is 107 Å². The van der Waals surface area contributed by atoms with Crippen molar-refractivity contribution >= 4 is 17.3 Å². The summed E-state index contributed by atoms with van der Waals surface area (Å²) in [6, 6.07) is 3.02. The van der Waals surface area contributed by atoms with Crippen molar-refractivity contribution in [2.75, 3.05) is 6.61 Å². The van der Waals surface area contributed by atoms with Crippen LogP contribution in [0.2, 0.25) is 0 Å². The number of pyridine rings is 1. The maximum absolute atomic E-state index is 10.9. The molecule has 0 amide bonds. The molecule has 5 nitrogen and oxygen atoms in total. The first kappa shape index (κ1) is 11.3. The normalized spacial score (nSPS) is 14.2. The smallest absolute Gasteiger partial charge is 0.335 e. The molecule has 6 heteroatoms. The number of hydrogen-bond acceptors (Lipinski definition) is 5. The van der Waals surface area contributed by atoms with Gasteiger partial charge in [-0.2, -0.15) is 0 Å². The average Bonchev–Trinajstić information content (AvgIpc) is 2.82. The molecule has 0 radical (unpaired) electrons. The summed E-state index contributed by atoms with van der Waals surface area (Å²) in [5.41, 5.74) is 1.88. The van der Waals surface area contributed by atoms with Crippen molar-refractivity contribution < 1.29 is 14.6 Å². The van der Waals surface area contributed by atoms with E-state index in [0.29, 0.717) is 18.9 Å². The van der Waals surface area contributed by atoms with E-state index in [-0.39, 0.29) is 5.56 Å². The summed E-state index contributed by atoms with van der Waals surface area (Å²) in [6.07, 6.45) is 2.31. The zero-order valence-electron chi connectivity index (χ0n) is 9.42. The van der Waals surface area contributed by atoms with Crippen molar-refractivity contribution in [1.82, 2.24) is 9.97 Å². The van der Waals surface area contributed by atoms with Crippen molar-refractivity contribution in [2.45, 2.75) is 13.0 Å². The van der Waals surface area contributed by atoms with Gasteiger partial charge in [0.15, 0.2) is 0 Å². The molecule has 0 spiro atoms. The SMILES string of the molecule is O=C(O)c1ccnc(-c2nc3c(s2)COCC3)c1. The molecule has 1 aliphatic rings. The van der Waals surface area contributed by atoms with Crippen LogP contribution in [0.5, 0.6) is 0 Å². The van der Waals surface area contributed by atoms with Gasteiger partial charge in [0.1, 0.15) is 5.01 Å². The average molecular weight is 262 g/mol. The van der Waals surface area contributed by atoms with Crippen LogP contribution in [0.3, 0.4) is 0 Å². The highest BCUT2D eigenvalue weighted by atomic mass is 32.1. The van der Waals surface area contributed by atoms with Crippen LogP contribution in [0.15, 0.2) is 18.3 Å². The van der Waals surface area contributed by atoms with E-state index >= 15 is 0 Å². The Balaban J connectivity index is 2.01. The molecule has 0 unspecified atom stereocenters. The van der Waals surface area contributed by atoms with Gasteiger partial charge in [0.25, 0.3) is 0 Å². The number of aromatic carboxylic acids is 1. The molecule has 1 aliphatic heterocycles. The molecule has 92 valence electrons. The highest BCUT2D eigenvalue weighted by Crippen LogP contribution is 2.30.